The summed E-state index contributed by atoms with van der Waals surface area (Å²) in [5.41, 5.74) is 4.08. The number of benzene rings is 3. The predicted octanol–water partition coefficient (Wildman–Crippen LogP) is 6.84. The Morgan fingerprint density at radius 2 is 1.66 bits per heavy atom. The highest BCUT2D eigenvalue weighted by molar-refractivity contribution is 6.22. The van der Waals surface area contributed by atoms with Crippen molar-refractivity contribution in [3.05, 3.63) is 95.1 Å². The fourth-order valence-corrected chi connectivity index (χ4v) is 4.30. The minimum absolute atomic E-state index is 0.0295. The molecule has 2 amide bonds. The molecule has 0 saturated carbocycles. The first kappa shape index (κ1) is 29.4. The van der Waals surface area contributed by atoms with Gasteiger partial charge in [0.15, 0.2) is 5.88 Å². The van der Waals surface area contributed by atoms with Crippen LogP contribution >= 0.6 is 0 Å². The monoisotopic (exact) mass is 554 g/mol. The lowest BCUT2D eigenvalue weighted by molar-refractivity contribution is 0.0523. The molecular formula is C33H38N4O4. The van der Waals surface area contributed by atoms with Crippen molar-refractivity contribution in [1.29, 1.82) is 0 Å². The fraction of sp³-hybridized carbons (Fsp3) is 0.303. The maximum Gasteiger partial charge on any atom is 0.407 e. The van der Waals surface area contributed by atoms with Crippen LogP contribution in [0.15, 0.2) is 77.8 Å². The van der Waals surface area contributed by atoms with Gasteiger partial charge in [0.25, 0.3) is 5.91 Å². The van der Waals surface area contributed by atoms with Gasteiger partial charge in [-0.3, -0.25) is 4.79 Å². The van der Waals surface area contributed by atoms with Crippen LogP contribution in [0.1, 0.15) is 68.1 Å². The number of aliphatic imine (C=N–C) groups is 1. The number of nitrogens with one attached hydrogen (secondary N) is 3. The van der Waals surface area contributed by atoms with E-state index in [-0.39, 0.29) is 11.8 Å². The van der Waals surface area contributed by atoms with E-state index in [2.05, 4.69) is 29.5 Å². The number of fused-ring (bicyclic) bond motifs is 1. The van der Waals surface area contributed by atoms with Gasteiger partial charge >= 0.3 is 6.09 Å². The van der Waals surface area contributed by atoms with E-state index in [9.17, 15) is 14.7 Å². The van der Waals surface area contributed by atoms with Crippen molar-refractivity contribution in [1.82, 2.24) is 15.6 Å². The lowest BCUT2D eigenvalue weighted by Gasteiger charge is -2.19. The number of alkyl carbamates (subject to hydrolysis) is 1. The van der Waals surface area contributed by atoms with E-state index >= 15 is 0 Å². The SMILES string of the molecule is CC(C)CCNC(=O)c1ccc2[nH]c(O)c(C(=Nc3ccc(CNC(=O)OC(C)(C)C)cc3)c3ccccc3)c2c1. The average molecular weight is 555 g/mol. The molecule has 0 aliphatic carbocycles. The molecule has 8 heteroatoms. The third-order valence-corrected chi connectivity index (χ3v) is 6.35. The summed E-state index contributed by atoms with van der Waals surface area (Å²) in [6.07, 6.45) is 0.416. The number of nitrogens with zero attached hydrogens (tertiary/aromatic N) is 1. The summed E-state index contributed by atoms with van der Waals surface area (Å²) < 4.78 is 5.30. The highest BCUT2D eigenvalue weighted by atomic mass is 16.6. The quantitative estimate of drug-likeness (QED) is 0.169. The van der Waals surface area contributed by atoms with Gasteiger partial charge in [-0.05, 0) is 69.0 Å². The van der Waals surface area contributed by atoms with Crippen molar-refractivity contribution in [3.63, 3.8) is 0 Å². The lowest BCUT2D eigenvalue weighted by atomic mass is 9.99. The maximum absolute atomic E-state index is 12.9. The van der Waals surface area contributed by atoms with Gasteiger partial charge in [0.05, 0.1) is 17.0 Å². The van der Waals surface area contributed by atoms with Crippen LogP contribution in [0.2, 0.25) is 0 Å². The Labute approximate surface area is 240 Å². The number of amides is 2. The molecule has 0 unspecified atom stereocenters. The lowest BCUT2D eigenvalue weighted by Crippen LogP contribution is -2.32. The Balaban J connectivity index is 1.66. The van der Waals surface area contributed by atoms with Crippen LogP contribution in [-0.2, 0) is 11.3 Å². The van der Waals surface area contributed by atoms with E-state index in [1.54, 1.807) is 18.2 Å². The Hall–Kier alpha value is -4.59. The predicted molar refractivity (Wildman–Crippen MR) is 163 cm³/mol. The second kappa shape index (κ2) is 12.7. The van der Waals surface area contributed by atoms with E-state index in [0.717, 1.165) is 17.5 Å². The number of carbonyl (C=O) groups excluding carboxylic acids is 2. The number of aromatic nitrogens is 1. The summed E-state index contributed by atoms with van der Waals surface area (Å²) in [6.45, 7) is 10.6. The second-order valence-corrected chi connectivity index (χ2v) is 11.4. The highest BCUT2D eigenvalue weighted by Crippen LogP contribution is 2.32. The van der Waals surface area contributed by atoms with Crippen LogP contribution < -0.4 is 10.6 Å². The van der Waals surface area contributed by atoms with Crippen molar-refractivity contribution in [2.75, 3.05) is 6.54 Å². The zero-order chi connectivity index (χ0) is 29.6. The Bertz CT molecular complexity index is 1530. The van der Waals surface area contributed by atoms with Crippen molar-refractivity contribution in [2.45, 2.75) is 53.2 Å². The van der Waals surface area contributed by atoms with Crippen LogP contribution in [0.3, 0.4) is 0 Å². The first-order chi connectivity index (χ1) is 19.5. The summed E-state index contributed by atoms with van der Waals surface area (Å²) in [6, 6.07) is 22.4. The molecule has 1 aromatic heterocycles. The van der Waals surface area contributed by atoms with Crippen molar-refractivity contribution in [3.8, 4) is 5.88 Å². The topological polar surface area (TPSA) is 116 Å². The Morgan fingerprint density at radius 3 is 2.32 bits per heavy atom. The number of hydrogen-bond donors (Lipinski definition) is 4. The summed E-state index contributed by atoms with van der Waals surface area (Å²) >= 11 is 0. The number of carbonyl (C=O) groups is 2. The van der Waals surface area contributed by atoms with E-state index in [0.29, 0.717) is 52.4 Å². The molecule has 41 heavy (non-hydrogen) atoms. The van der Waals surface area contributed by atoms with E-state index in [4.69, 9.17) is 9.73 Å². The Kier molecular flexibility index (Phi) is 9.12. The average Bonchev–Trinajstić information content (AvgIpc) is 3.25. The van der Waals surface area contributed by atoms with Gasteiger partial charge in [-0.15, -0.1) is 0 Å². The molecule has 3 aromatic carbocycles. The van der Waals surface area contributed by atoms with Gasteiger partial charge in [-0.2, -0.15) is 0 Å². The maximum atomic E-state index is 12.9. The molecule has 4 N–H and O–H groups in total. The molecule has 1 heterocycles. The minimum atomic E-state index is -0.567. The number of ether oxygens (including phenoxy) is 1. The first-order valence-corrected chi connectivity index (χ1v) is 13.8. The molecule has 4 aromatic rings. The molecule has 4 rings (SSSR count). The number of rotatable bonds is 9. The summed E-state index contributed by atoms with van der Waals surface area (Å²) in [5.74, 6) is 0.303. The van der Waals surface area contributed by atoms with Crippen LogP contribution in [0.5, 0.6) is 5.88 Å². The van der Waals surface area contributed by atoms with Gasteiger partial charge in [0.2, 0.25) is 0 Å². The van der Waals surface area contributed by atoms with Crippen molar-refractivity contribution >= 4 is 34.3 Å². The molecule has 0 aliphatic heterocycles. The molecular weight excluding hydrogens is 516 g/mol. The molecule has 214 valence electrons. The highest BCUT2D eigenvalue weighted by Gasteiger charge is 2.20. The Morgan fingerprint density at radius 1 is 0.951 bits per heavy atom. The zero-order valence-electron chi connectivity index (χ0n) is 24.2. The zero-order valence-corrected chi connectivity index (χ0v) is 24.2. The standard InChI is InChI=1S/C33H38N4O4/c1-21(2)17-18-34-30(38)24-13-16-27-26(19-24)28(31(39)37-27)29(23-9-7-6-8-10-23)36-25-14-11-22(12-15-25)20-35-32(40)41-33(3,4)5/h6-16,19,21,37,39H,17-18,20H2,1-5H3,(H,34,38)(H,35,40). The molecule has 0 saturated heterocycles. The first-order valence-electron chi connectivity index (χ1n) is 13.8. The van der Waals surface area contributed by atoms with Crippen LogP contribution in [-0.4, -0.2) is 39.9 Å². The largest absolute Gasteiger partial charge is 0.494 e. The molecule has 0 bridgehead atoms. The molecule has 0 fully saturated rings. The molecule has 0 spiro atoms. The second-order valence-electron chi connectivity index (χ2n) is 11.4. The molecule has 0 atom stereocenters. The van der Waals surface area contributed by atoms with Crippen LogP contribution in [0, 0.1) is 5.92 Å². The summed E-state index contributed by atoms with van der Waals surface area (Å²) in [4.78, 5) is 32.8. The van der Waals surface area contributed by atoms with E-state index in [1.165, 1.54) is 0 Å². The fourth-order valence-electron chi connectivity index (χ4n) is 4.30. The molecule has 0 radical (unpaired) electrons. The smallest absolute Gasteiger partial charge is 0.407 e. The minimum Gasteiger partial charge on any atom is -0.494 e. The normalized spacial score (nSPS) is 12.0. The van der Waals surface area contributed by atoms with Gasteiger partial charge in [0.1, 0.15) is 5.60 Å². The van der Waals surface area contributed by atoms with Crippen molar-refractivity contribution < 1.29 is 19.4 Å². The summed E-state index contributed by atoms with van der Waals surface area (Å²) in [5, 5.41) is 17.5. The van der Waals surface area contributed by atoms with Crippen molar-refractivity contribution in [2.24, 2.45) is 10.9 Å². The third kappa shape index (κ3) is 7.97. The van der Waals surface area contributed by atoms with Gasteiger partial charge in [-0.25, -0.2) is 9.79 Å². The molecule has 0 aliphatic rings. The number of aromatic amines is 1. The summed E-state index contributed by atoms with van der Waals surface area (Å²) in [7, 11) is 0. The van der Waals surface area contributed by atoms with E-state index < -0.39 is 11.7 Å². The van der Waals surface area contributed by atoms with E-state index in [1.807, 2.05) is 75.4 Å². The van der Waals surface area contributed by atoms with Crippen LogP contribution in [0.4, 0.5) is 10.5 Å². The third-order valence-electron chi connectivity index (χ3n) is 6.35. The van der Waals surface area contributed by atoms with Gasteiger partial charge < -0.3 is 25.5 Å². The molecule has 8 nitrogen and oxygen atoms in total. The van der Waals surface area contributed by atoms with Gasteiger partial charge in [-0.1, -0.05) is 56.3 Å². The number of aromatic hydroxyl groups is 1. The number of H-pyrrole nitrogens is 1. The van der Waals surface area contributed by atoms with Crippen LogP contribution in [0.25, 0.3) is 10.9 Å². The van der Waals surface area contributed by atoms with Gasteiger partial charge in [0, 0.05) is 35.1 Å². The number of hydrogen-bond acceptors (Lipinski definition) is 5.